The minimum Gasteiger partial charge on any atom is -0.489 e. The van der Waals surface area contributed by atoms with Gasteiger partial charge in [-0.3, -0.25) is 0 Å². The summed E-state index contributed by atoms with van der Waals surface area (Å²) in [7, 11) is 0. The van der Waals surface area contributed by atoms with Crippen molar-refractivity contribution in [2.24, 2.45) is 0 Å². The molecule has 0 unspecified atom stereocenters. The molecule has 6 heteroatoms. The van der Waals surface area contributed by atoms with Crippen molar-refractivity contribution < 1.29 is 14.6 Å². The fraction of sp³-hybridized carbons (Fsp3) is 0.0435. The van der Waals surface area contributed by atoms with Crippen LogP contribution in [0.15, 0.2) is 66.7 Å². The molecule has 144 valence electrons. The van der Waals surface area contributed by atoms with E-state index in [0.29, 0.717) is 33.5 Å². The highest BCUT2D eigenvalue weighted by Gasteiger charge is 2.06. The molecule has 0 saturated carbocycles. The Labute approximate surface area is 178 Å². The van der Waals surface area contributed by atoms with Gasteiger partial charge in [0.05, 0.1) is 17.2 Å². The van der Waals surface area contributed by atoms with Crippen molar-refractivity contribution in [3.05, 3.63) is 99.0 Å². The third kappa shape index (κ3) is 5.39. The van der Waals surface area contributed by atoms with Crippen LogP contribution in [0.25, 0.3) is 11.6 Å². The Morgan fingerprint density at radius 3 is 2.24 bits per heavy atom. The molecule has 0 heterocycles. The first-order chi connectivity index (χ1) is 14.0. The Bertz CT molecular complexity index is 1100. The van der Waals surface area contributed by atoms with E-state index in [4.69, 9.17) is 33.0 Å². The van der Waals surface area contributed by atoms with Crippen molar-refractivity contribution in [3.8, 4) is 11.8 Å². The summed E-state index contributed by atoms with van der Waals surface area (Å²) in [5.41, 5.74) is 2.91. The lowest BCUT2D eigenvalue weighted by Crippen LogP contribution is -1.96. The van der Waals surface area contributed by atoms with E-state index >= 15 is 0 Å². The Hall–Kier alpha value is -3.26. The van der Waals surface area contributed by atoms with Gasteiger partial charge in [-0.05, 0) is 53.6 Å². The molecule has 4 nitrogen and oxygen atoms in total. The molecular weight excluding hydrogens is 409 g/mol. The van der Waals surface area contributed by atoms with E-state index in [1.165, 1.54) is 12.1 Å². The van der Waals surface area contributed by atoms with Gasteiger partial charge in [0.1, 0.15) is 12.4 Å². The minimum absolute atomic E-state index is 0.174. The number of nitriles is 1. The van der Waals surface area contributed by atoms with Crippen molar-refractivity contribution in [2.45, 2.75) is 6.61 Å². The Kier molecular flexibility index (Phi) is 6.56. The molecule has 0 aromatic heterocycles. The van der Waals surface area contributed by atoms with Crippen LogP contribution in [-0.4, -0.2) is 11.1 Å². The van der Waals surface area contributed by atoms with Gasteiger partial charge in [0.15, 0.2) is 0 Å². The number of allylic oxidation sites excluding steroid dienone is 1. The highest BCUT2D eigenvalue weighted by molar-refractivity contribution is 6.35. The minimum atomic E-state index is -1.01. The number of benzene rings is 3. The summed E-state index contributed by atoms with van der Waals surface area (Å²) >= 11 is 12.0. The molecule has 0 atom stereocenters. The average Bonchev–Trinajstić information content (AvgIpc) is 2.72. The van der Waals surface area contributed by atoms with Crippen LogP contribution < -0.4 is 4.74 Å². The first kappa shape index (κ1) is 20.5. The Morgan fingerprint density at radius 2 is 1.66 bits per heavy atom. The number of carboxylic acids is 1. The van der Waals surface area contributed by atoms with Crippen LogP contribution in [0.1, 0.15) is 27.0 Å². The van der Waals surface area contributed by atoms with E-state index in [9.17, 15) is 10.1 Å². The summed E-state index contributed by atoms with van der Waals surface area (Å²) in [6.45, 7) is 0.310. The highest BCUT2D eigenvalue weighted by Crippen LogP contribution is 2.24. The van der Waals surface area contributed by atoms with Gasteiger partial charge in [-0.25, -0.2) is 4.79 Å². The topological polar surface area (TPSA) is 70.3 Å². The number of halogens is 2. The molecule has 0 spiro atoms. The zero-order chi connectivity index (χ0) is 20.8. The van der Waals surface area contributed by atoms with Gasteiger partial charge in [-0.1, -0.05) is 53.5 Å². The molecule has 0 aliphatic rings. The lowest BCUT2D eigenvalue weighted by atomic mass is 10.0. The number of hydrogen-bond donors (Lipinski definition) is 1. The van der Waals surface area contributed by atoms with Gasteiger partial charge in [0.2, 0.25) is 0 Å². The molecule has 0 radical (unpaired) electrons. The van der Waals surface area contributed by atoms with Crippen LogP contribution in [-0.2, 0) is 6.61 Å². The molecule has 1 N–H and O–H groups in total. The summed E-state index contributed by atoms with van der Waals surface area (Å²) in [5.74, 6) is -0.341. The molecule has 29 heavy (non-hydrogen) atoms. The van der Waals surface area contributed by atoms with Gasteiger partial charge >= 0.3 is 5.97 Å². The smallest absolute Gasteiger partial charge is 0.335 e. The molecule has 0 amide bonds. The summed E-state index contributed by atoms with van der Waals surface area (Å²) < 4.78 is 5.75. The number of aromatic carboxylic acids is 1. The molecule has 0 fully saturated rings. The van der Waals surface area contributed by atoms with Crippen molar-refractivity contribution in [3.63, 3.8) is 0 Å². The van der Waals surface area contributed by atoms with Gasteiger partial charge in [-0.15, -0.1) is 0 Å². The Balaban J connectivity index is 1.71. The van der Waals surface area contributed by atoms with Gasteiger partial charge in [0, 0.05) is 15.6 Å². The Morgan fingerprint density at radius 1 is 1.00 bits per heavy atom. The van der Waals surface area contributed by atoms with Crippen LogP contribution in [0.5, 0.6) is 5.75 Å². The predicted molar refractivity (Wildman–Crippen MR) is 114 cm³/mol. The highest BCUT2D eigenvalue weighted by atomic mass is 35.5. The number of carbonyl (C=O) groups is 1. The van der Waals surface area contributed by atoms with E-state index in [1.54, 1.807) is 42.5 Å². The maximum Gasteiger partial charge on any atom is 0.335 e. The fourth-order valence-electron chi connectivity index (χ4n) is 2.60. The number of hydrogen-bond acceptors (Lipinski definition) is 3. The van der Waals surface area contributed by atoms with Gasteiger partial charge in [0.25, 0.3) is 0 Å². The molecule has 3 aromatic carbocycles. The van der Waals surface area contributed by atoms with Crippen molar-refractivity contribution in [1.82, 2.24) is 0 Å². The maximum absolute atomic E-state index is 10.9. The summed E-state index contributed by atoms with van der Waals surface area (Å²) in [6, 6.07) is 20.8. The maximum atomic E-state index is 10.9. The molecule has 0 aliphatic heterocycles. The molecular formula is C23H15Cl2NO3. The molecule has 0 bridgehead atoms. The first-order valence-corrected chi connectivity index (χ1v) is 9.34. The number of carboxylic acid groups (broad SMARTS) is 1. The van der Waals surface area contributed by atoms with Crippen molar-refractivity contribution in [2.75, 3.05) is 0 Å². The van der Waals surface area contributed by atoms with Gasteiger partial charge < -0.3 is 9.84 Å². The van der Waals surface area contributed by atoms with Crippen LogP contribution in [0, 0.1) is 11.3 Å². The van der Waals surface area contributed by atoms with Crippen LogP contribution in [0.2, 0.25) is 10.0 Å². The standard InChI is InChI=1S/C23H15Cl2NO3/c24-20-8-7-18(22(25)12-20)14-29-21-9-1-15(2-10-21)11-19(13-26)16-3-5-17(6-4-16)23(27)28/h1-12H,14H2,(H,27,28). The monoisotopic (exact) mass is 423 g/mol. The van der Waals surface area contributed by atoms with Crippen LogP contribution in [0.3, 0.4) is 0 Å². The van der Waals surface area contributed by atoms with Crippen molar-refractivity contribution in [1.29, 1.82) is 5.26 Å². The van der Waals surface area contributed by atoms with Gasteiger partial charge in [-0.2, -0.15) is 5.26 Å². The number of nitrogens with zero attached hydrogens (tertiary/aromatic N) is 1. The van der Waals surface area contributed by atoms with E-state index in [1.807, 2.05) is 18.2 Å². The largest absolute Gasteiger partial charge is 0.489 e. The normalized spacial score (nSPS) is 11.0. The summed E-state index contributed by atoms with van der Waals surface area (Å²) in [5, 5.41) is 19.5. The van der Waals surface area contributed by atoms with E-state index < -0.39 is 5.97 Å². The summed E-state index contributed by atoms with van der Waals surface area (Å²) in [4.78, 5) is 10.9. The second kappa shape index (κ2) is 9.29. The zero-order valence-electron chi connectivity index (χ0n) is 15.1. The van der Waals surface area contributed by atoms with Crippen LogP contribution >= 0.6 is 23.2 Å². The zero-order valence-corrected chi connectivity index (χ0v) is 16.6. The van der Waals surface area contributed by atoms with E-state index in [2.05, 4.69) is 6.07 Å². The molecule has 3 rings (SSSR count). The fourth-order valence-corrected chi connectivity index (χ4v) is 3.06. The van der Waals surface area contributed by atoms with E-state index in [-0.39, 0.29) is 5.56 Å². The number of rotatable bonds is 6. The van der Waals surface area contributed by atoms with Crippen LogP contribution in [0.4, 0.5) is 0 Å². The van der Waals surface area contributed by atoms with E-state index in [0.717, 1.165) is 11.1 Å². The molecule has 0 aliphatic carbocycles. The summed E-state index contributed by atoms with van der Waals surface area (Å²) in [6.07, 6.45) is 1.73. The first-order valence-electron chi connectivity index (χ1n) is 8.58. The lowest BCUT2D eigenvalue weighted by Gasteiger charge is -2.08. The molecule has 3 aromatic rings. The quantitative estimate of drug-likeness (QED) is 0.371. The number of ether oxygens (including phenoxy) is 1. The second-order valence-electron chi connectivity index (χ2n) is 6.15. The third-order valence-corrected chi connectivity index (χ3v) is 4.75. The van der Waals surface area contributed by atoms with Crippen molar-refractivity contribution >= 4 is 40.8 Å². The average molecular weight is 424 g/mol. The second-order valence-corrected chi connectivity index (χ2v) is 6.99. The SMILES string of the molecule is N#CC(=Cc1ccc(OCc2ccc(Cl)cc2Cl)cc1)c1ccc(C(=O)O)cc1. The third-order valence-electron chi connectivity index (χ3n) is 4.16. The predicted octanol–water partition coefficient (Wildman–Crippen LogP) is 6.33. The lowest BCUT2D eigenvalue weighted by molar-refractivity contribution is 0.0697. The molecule has 0 saturated heterocycles.